The Bertz CT molecular complexity index is 971. The van der Waals surface area contributed by atoms with E-state index in [0.29, 0.717) is 10.6 Å². The minimum atomic E-state index is -3.80. The largest absolute Gasteiger partial charge is 0.448 e. The molecule has 0 spiro atoms. The first-order valence-electron chi connectivity index (χ1n) is 9.50. The zero-order valence-electron chi connectivity index (χ0n) is 16.1. The van der Waals surface area contributed by atoms with Gasteiger partial charge in [-0.2, -0.15) is 0 Å². The lowest BCUT2D eigenvalue weighted by atomic mass is 10.00. The van der Waals surface area contributed by atoms with Crippen molar-refractivity contribution in [3.05, 3.63) is 45.6 Å². The maximum absolute atomic E-state index is 12.5. The van der Waals surface area contributed by atoms with Crippen LogP contribution in [0.1, 0.15) is 52.7 Å². The standard InChI is InChI=1S/C20H24N2O5S2/c1-13(19(23)22-15-8-10-16(11-9-15)29(21,25)26)27-20(24)18-12-14-6-4-2-3-5-7-17(14)28-18/h8-13H,2-7H2,1H3,(H,22,23)(H2,21,25,26). The molecule has 1 aromatic carbocycles. The summed E-state index contributed by atoms with van der Waals surface area (Å²) in [5.41, 5.74) is 1.60. The zero-order chi connectivity index (χ0) is 21.0. The molecule has 1 unspecified atom stereocenters. The normalized spacial score (nSPS) is 15.5. The molecule has 1 heterocycles. The number of anilines is 1. The number of nitrogens with one attached hydrogen (secondary N) is 1. The number of fused-ring (bicyclic) bond motifs is 1. The molecule has 0 bridgehead atoms. The van der Waals surface area contributed by atoms with Gasteiger partial charge in [0, 0.05) is 10.6 Å². The highest BCUT2D eigenvalue weighted by molar-refractivity contribution is 7.89. The second-order valence-corrected chi connectivity index (χ2v) is 9.78. The van der Waals surface area contributed by atoms with Crippen molar-refractivity contribution in [1.82, 2.24) is 0 Å². The summed E-state index contributed by atoms with van der Waals surface area (Å²) in [7, 11) is -3.80. The van der Waals surface area contributed by atoms with Crippen LogP contribution in [0.4, 0.5) is 5.69 Å². The molecule has 1 aliphatic carbocycles. The second-order valence-electron chi connectivity index (χ2n) is 7.08. The summed E-state index contributed by atoms with van der Waals surface area (Å²) in [6, 6.07) is 7.33. The Morgan fingerprint density at radius 2 is 1.76 bits per heavy atom. The predicted molar refractivity (Wildman–Crippen MR) is 112 cm³/mol. The van der Waals surface area contributed by atoms with E-state index in [0.717, 1.165) is 25.7 Å². The molecule has 0 saturated heterocycles. The number of primary sulfonamides is 1. The van der Waals surface area contributed by atoms with Crippen LogP contribution in [-0.2, 0) is 32.4 Å². The van der Waals surface area contributed by atoms with E-state index in [2.05, 4.69) is 5.32 Å². The lowest BCUT2D eigenvalue weighted by Crippen LogP contribution is -2.29. The van der Waals surface area contributed by atoms with E-state index in [1.165, 1.54) is 65.8 Å². The number of ether oxygens (including phenoxy) is 1. The van der Waals surface area contributed by atoms with Gasteiger partial charge < -0.3 is 10.1 Å². The topological polar surface area (TPSA) is 116 Å². The van der Waals surface area contributed by atoms with E-state index in [4.69, 9.17) is 9.88 Å². The molecule has 0 fully saturated rings. The highest BCUT2D eigenvalue weighted by Gasteiger charge is 2.22. The van der Waals surface area contributed by atoms with Gasteiger partial charge in [-0.15, -0.1) is 11.3 Å². The molecular weight excluding hydrogens is 412 g/mol. The molecule has 2 aromatic rings. The van der Waals surface area contributed by atoms with Crippen LogP contribution in [0.15, 0.2) is 35.2 Å². The number of benzene rings is 1. The molecule has 1 atom stereocenters. The van der Waals surface area contributed by atoms with Crippen molar-refractivity contribution in [2.75, 3.05) is 5.32 Å². The van der Waals surface area contributed by atoms with Crippen LogP contribution < -0.4 is 10.5 Å². The summed E-state index contributed by atoms with van der Waals surface area (Å²) in [6.07, 6.45) is 5.65. The van der Waals surface area contributed by atoms with Crippen LogP contribution in [0.25, 0.3) is 0 Å². The lowest BCUT2D eigenvalue weighted by Gasteiger charge is -2.13. The van der Waals surface area contributed by atoms with Crippen LogP contribution in [0.2, 0.25) is 0 Å². The van der Waals surface area contributed by atoms with Gasteiger partial charge in [0.25, 0.3) is 5.91 Å². The Labute approximate surface area is 174 Å². The van der Waals surface area contributed by atoms with Crippen LogP contribution in [0.5, 0.6) is 0 Å². The van der Waals surface area contributed by atoms with Crippen molar-refractivity contribution in [3.8, 4) is 0 Å². The van der Waals surface area contributed by atoms with Gasteiger partial charge >= 0.3 is 5.97 Å². The van der Waals surface area contributed by atoms with Crippen molar-refractivity contribution in [3.63, 3.8) is 0 Å². The molecule has 29 heavy (non-hydrogen) atoms. The number of hydrogen-bond acceptors (Lipinski definition) is 6. The maximum Gasteiger partial charge on any atom is 0.349 e. The molecule has 3 rings (SSSR count). The van der Waals surface area contributed by atoms with Gasteiger partial charge in [-0.25, -0.2) is 18.4 Å². The summed E-state index contributed by atoms with van der Waals surface area (Å²) >= 11 is 1.45. The third-order valence-corrected chi connectivity index (χ3v) is 6.95. The van der Waals surface area contributed by atoms with Crippen molar-refractivity contribution < 1.29 is 22.7 Å². The summed E-state index contributed by atoms with van der Waals surface area (Å²) in [5.74, 6) is -1.01. The SMILES string of the molecule is CC(OC(=O)c1cc2c(s1)CCCCCC2)C(=O)Nc1ccc(S(N)(=O)=O)cc1. The summed E-state index contributed by atoms with van der Waals surface area (Å²) in [4.78, 5) is 26.5. The predicted octanol–water partition coefficient (Wildman–Crippen LogP) is 3.24. The van der Waals surface area contributed by atoms with Crippen LogP contribution in [0, 0.1) is 0 Å². The fraction of sp³-hybridized carbons (Fsp3) is 0.400. The van der Waals surface area contributed by atoms with Gasteiger partial charge in [0.1, 0.15) is 4.88 Å². The third kappa shape index (κ3) is 5.65. The van der Waals surface area contributed by atoms with E-state index in [1.807, 2.05) is 6.07 Å². The van der Waals surface area contributed by atoms with Crippen molar-refractivity contribution >= 4 is 38.9 Å². The van der Waals surface area contributed by atoms with Gasteiger partial charge in [0.2, 0.25) is 10.0 Å². The van der Waals surface area contributed by atoms with Gasteiger partial charge in [-0.05, 0) is 68.5 Å². The fourth-order valence-corrected chi connectivity index (χ4v) is 4.84. The van der Waals surface area contributed by atoms with E-state index >= 15 is 0 Å². The Morgan fingerprint density at radius 1 is 1.10 bits per heavy atom. The first kappa shape index (κ1) is 21.5. The number of sulfonamides is 1. The van der Waals surface area contributed by atoms with Crippen molar-refractivity contribution in [2.45, 2.75) is 56.4 Å². The summed E-state index contributed by atoms with van der Waals surface area (Å²) < 4.78 is 27.9. The van der Waals surface area contributed by atoms with Crippen LogP contribution in [-0.4, -0.2) is 26.4 Å². The number of thiophene rings is 1. The quantitative estimate of drug-likeness (QED) is 0.698. The molecule has 9 heteroatoms. The smallest absolute Gasteiger partial charge is 0.349 e. The molecular formula is C20H24N2O5S2. The molecule has 1 aromatic heterocycles. The Balaban J connectivity index is 1.60. The van der Waals surface area contributed by atoms with Crippen molar-refractivity contribution in [2.24, 2.45) is 5.14 Å². The average Bonchev–Trinajstić information content (AvgIpc) is 3.03. The number of hydrogen-bond donors (Lipinski definition) is 2. The molecule has 3 N–H and O–H groups in total. The first-order chi connectivity index (χ1) is 13.7. The van der Waals surface area contributed by atoms with Crippen LogP contribution >= 0.6 is 11.3 Å². The van der Waals surface area contributed by atoms with Crippen LogP contribution in [0.3, 0.4) is 0 Å². The highest BCUT2D eigenvalue weighted by atomic mass is 32.2. The molecule has 0 radical (unpaired) electrons. The number of carbonyl (C=O) groups is 2. The Hall–Kier alpha value is -2.23. The molecule has 0 saturated carbocycles. The number of esters is 1. The second kappa shape index (κ2) is 9.06. The first-order valence-corrected chi connectivity index (χ1v) is 11.9. The molecule has 1 amide bonds. The number of carbonyl (C=O) groups excluding carboxylic acids is 2. The summed E-state index contributed by atoms with van der Waals surface area (Å²) in [5, 5.41) is 7.64. The molecule has 1 aliphatic rings. The molecule has 156 valence electrons. The van der Waals surface area contributed by atoms with Gasteiger partial charge in [0.15, 0.2) is 6.10 Å². The average molecular weight is 437 g/mol. The molecule has 0 aliphatic heterocycles. The fourth-order valence-electron chi connectivity index (χ4n) is 3.19. The third-order valence-electron chi connectivity index (χ3n) is 4.80. The van der Waals surface area contributed by atoms with Gasteiger partial charge in [0.05, 0.1) is 4.90 Å². The minimum Gasteiger partial charge on any atom is -0.448 e. The number of aryl methyl sites for hydroxylation is 2. The molecule has 7 nitrogen and oxygen atoms in total. The Morgan fingerprint density at radius 3 is 2.41 bits per heavy atom. The lowest BCUT2D eigenvalue weighted by molar-refractivity contribution is -0.123. The summed E-state index contributed by atoms with van der Waals surface area (Å²) in [6.45, 7) is 1.50. The van der Waals surface area contributed by atoms with E-state index in [1.54, 1.807) is 0 Å². The highest BCUT2D eigenvalue weighted by Crippen LogP contribution is 2.29. The van der Waals surface area contributed by atoms with Gasteiger partial charge in [-0.1, -0.05) is 12.8 Å². The van der Waals surface area contributed by atoms with E-state index < -0.39 is 28.0 Å². The Kier molecular flexibility index (Phi) is 6.71. The number of amides is 1. The maximum atomic E-state index is 12.5. The monoisotopic (exact) mass is 436 g/mol. The van der Waals surface area contributed by atoms with Gasteiger partial charge in [-0.3, -0.25) is 4.79 Å². The number of rotatable bonds is 5. The minimum absolute atomic E-state index is 0.0526. The number of nitrogens with two attached hydrogens (primary N) is 1. The van der Waals surface area contributed by atoms with E-state index in [9.17, 15) is 18.0 Å². The van der Waals surface area contributed by atoms with E-state index in [-0.39, 0.29) is 4.90 Å². The zero-order valence-corrected chi connectivity index (χ0v) is 17.8. The van der Waals surface area contributed by atoms with Crippen molar-refractivity contribution in [1.29, 1.82) is 0 Å².